The van der Waals surface area contributed by atoms with E-state index in [2.05, 4.69) is 65.0 Å². The summed E-state index contributed by atoms with van der Waals surface area (Å²) in [6.07, 6.45) is 8.22. The number of hydrogen-bond donors (Lipinski definition) is 0. The highest BCUT2D eigenvalue weighted by atomic mass is 32.1. The molecule has 2 aliphatic carbocycles. The number of fused-ring (bicyclic) bond motifs is 1. The molecule has 0 unspecified atom stereocenters. The van der Waals surface area contributed by atoms with Gasteiger partial charge in [0.25, 0.3) is 0 Å². The maximum atomic E-state index is 7.07. The highest BCUT2D eigenvalue weighted by Crippen LogP contribution is 2.57. The lowest BCUT2D eigenvalue weighted by atomic mass is 9.66. The van der Waals surface area contributed by atoms with Crippen LogP contribution in [-0.2, 0) is 15.6 Å². The molecule has 2 saturated carbocycles. The first-order valence-electron chi connectivity index (χ1n) is 12.0. The van der Waals surface area contributed by atoms with Crippen LogP contribution in [0.1, 0.15) is 65.9 Å². The third kappa shape index (κ3) is 4.76. The van der Waals surface area contributed by atoms with Gasteiger partial charge in [-0.2, -0.15) is 0 Å². The first-order valence-corrected chi connectivity index (χ1v) is 14.9. The maximum Gasteiger partial charge on any atom is 0.192 e. The minimum absolute atomic E-state index is 0.103. The van der Waals surface area contributed by atoms with Gasteiger partial charge in [-0.1, -0.05) is 70.5 Å². The van der Waals surface area contributed by atoms with E-state index < -0.39 is 8.32 Å². The largest absolute Gasteiger partial charge is 0.479 e. The van der Waals surface area contributed by atoms with E-state index in [1.807, 2.05) is 6.07 Å². The number of benzene rings is 1. The minimum atomic E-state index is -1.62. The average molecular weight is 445 g/mol. The van der Waals surface area contributed by atoms with Crippen molar-refractivity contribution < 1.29 is 9.16 Å². The second kappa shape index (κ2) is 10.1. The van der Waals surface area contributed by atoms with Crippen molar-refractivity contribution in [2.75, 3.05) is 0 Å². The summed E-state index contributed by atoms with van der Waals surface area (Å²) in [6, 6.07) is 14.1. The second-order valence-electron chi connectivity index (χ2n) is 9.44. The molecule has 0 radical (unpaired) electrons. The molecule has 0 aliphatic heterocycles. The van der Waals surface area contributed by atoms with Gasteiger partial charge in [-0.05, 0) is 79.0 Å². The summed E-state index contributed by atoms with van der Waals surface area (Å²) >= 11 is 5.67. The highest BCUT2D eigenvalue weighted by Gasteiger charge is 2.54. The summed E-state index contributed by atoms with van der Waals surface area (Å²) < 4.78 is 13.5. The lowest BCUT2D eigenvalue weighted by Crippen LogP contribution is -2.47. The molecule has 0 saturated heterocycles. The van der Waals surface area contributed by atoms with Crippen LogP contribution in [0.5, 0.6) is 0 Å². The van der Waals surface area contributed by atoms with Crippen LogP contribution in [0, 0.1) is 11.3 Å². The van der Waals surface area contributed by atoms with Crippen molar-refractivity contribution in [1.82, 2.24) is 0 Å². The van der Waals surface area contributed by atoms with Crippen LogP contribution in [0.2, 0.25) is 18.1 Å². The van der Waals surface area contributed by atoms with Crippen LogP contribution in [0.3, 0.4) is 0 Å². The predicted molar refractivity (Wildman–Crippen MR) is 134 cm³/mol. The van der Waals surface area contributed by atoms with E-state index in [9.17, 15) is 0 Å². The van der Waals surface area contributed by atoms with Gasteiger partial charge in [-0.15, -0.1) is 0 Å². The smallest absolute Gasteiger partial charge is 0.192 e. The molecule has 2 fully saturated rings. The molecule has 30 heavy (non-hydrogen) atoms. The maximum absolute atomic E-state index is 7.07. The SMILES string of the molecule is C/C=C1\[C@H](OC(=S)Cc2ccccc2)C[C@H]2[C@@H](O[Si](CC)(CC)CC)CCC[C@]12C. The number of thiocarbonyl (C=S) groups is 1. The molecule has 0 bridgehead atoms. The van der Waals surface area contributed by atoms with Crippen LogP contribution < -0.4 is 0 Å². The minimum Gasteiger partial charge on any atom is -0.479 e. The normalized spacial score (nSPS) is 30.3. The summed E-state index contributed by atoms with van der Waals surface area (Å²) in [4.78, 5) is 0. The molecule has 3 rings (SSSR count). The quantitative estimate of drug-likeness (QED) is 0.235. The van der Waals surface area contributed by atoms with E-state index in [-0.39, 0.29) is 11.5 Å². The summed E-state index contributed by atoms with van der Waals surface area (Å²) in [5.41, 5.74) is 2.85. The number of allylic oxidation sites excluding steroid dienone is 1. The van der Waals surface area contributed by atoms with Gasteiger partial charge in [0, 0.05) is 12.5 Å². The molecule has 0 amide bonds. The Bertz CT molecular complexity index is 734. The summed E-state index contributed by atoms with van der Waals surface area (Å²) in [5, 5.41) is 0.713. The molecule has 0 spiro atoms. The van der Waals surface area contributed by atoms with Crippen molar-refractivity contribution in [3.05, 3.63) is 47.5 Å². The molecule has 2 aliphatic rings. The summed E-state index contributed by atoms with van der Waals surface area (Å²) in [7, 11) is -1.62. The molecule has 1 aromatic carbocycles. The van der Waals surface area contributed by atoms with E-state index in [0.29, 0.717) is 23.5 Å². The number of hydrogen-bond acceptors (Lipinski definition) is 3. The van der Waals surface area contributed by atoms with Gasteiger partial charge in [0.1, 0.15) is 6.10 Å². The molecule has 0 aromatic heterocycles. The van der Waals surface area contributed by atoms with Gasteiger partial charge in [0.05, 0.1) is 0 Å². The van der Waals surface area contributed by atoms with Crippen LogP contribution in [0.25, 0.3) is 0 Å². The Morgan fingerprint density at radius 3 is 2.43 bits per heavy atom. The zero-order valence-corrected chi connectivity index (χ0v) is 21.4. The molecule has 166 valence electrons. The Labute approximate surface area is 190 Å². The van der Waals surface area contributed by atoms with Gasteiger partial charge >= 0.3 is 0 Å². The van der Waals surface area contributed by atoms with Gasteiger partial charge < -0.3 is 9.16 Å². The molecule has 4 atom stereocenters. The predicted octanol–water partition coefficient (Wildman–Crippen LogP) is 7.49. The van der Waals surface area contributed by atoms with Gasteiger partial charge in [0.2, 0.25) is 0 Å². The van der Waals surface area contributed by atoms with E-state index in [0.717, 1.165) is 6.42 Å². The molecule has 1 aromatic rings. The van der Waals surface area contributed by atoms with E-state index in [1.54, 1.807) is 0 Å². The fraction of sp³-hybridized carbons (Fsp3) is 0.654. The highest BCUT2D eigenvalue weighted by molar-refractivity contribution is 7.80. The Morgan fingerprint density at radius 1 is 1.17 bits per heavy atom. The first-order chi connectivity index (χ1) is 14.4. The number of rotatable bonds is 8. The standard InChI is InChI=1S/C26H40O2SSi/c1-6-21-24(27-25(29)18-20-14-11-10-12-15-20)19-22-23(16-13-17-26(21,22)5)28-30(7-2,8-3)9-4/h6,10-12,14-15,22-24H,7-9,13,16-19H2,1-5H3/b21-6+/t22-,23-,24+,26+/m0/s1. The monoisotopic (exact) mass is 444 g/mol. The van der Waals surface area contributed by atoms with Crippen LogP contribution >= 0.6 is 12.2 Å². The van der Waals surface area contributed by atoms with Crippen LogP contribution in [-0.4, -0.2) is 25.6 Å². The van der Waals surface area contributed by atoms with Gasteiger partial charge in [-0.25, -0.2) is 0 Å². The lowest BCUT2D eigenvalue weighted by Gasteiger charge is -2.45. The summed E-state index contributed by atoms with van der Waals surface area (Å²) in [6.45, 7) is 11.6. The third-order valence-corrected chi connectivity index (χ3v) is 12.9. The third-order valence-electron chi connectivity index (χ3n) is 8.04. The fourth-order valence-electron chi connectivity index (χ4n) is 6.02. The zero-order valence-electron chi connectivity index (χ0n) is 19.6. The van der Waals surface area contributed by atoms with Crippen LogP contribution in [0.4, 0.5) is 0 Å². The van der Waals surface area contributed by atoms with E-state index in [1.165, 1.54) is 48.5 Å². The van der Waals surface area contributed by atoms with Crippen LogP contribution in [0.15, 0.2) is 42.0 Å². The number of ether oxygens (including phenoxy) is 1. The van der Waals surface area contributed by atoms with Gasteiger partial charge in [0.15, 0.2) is 13.4 Å². The van der Waals surface area contributed by atoms with Crippen molar-refractivity contribution >= 4 is 25.6 Å². The Balaban J connectivity index is 1.76. The zero-order chi connectivity index (χ0) is 21.8. The molecule has 0 heterocycles. The van der Waals surface area contributed by atoms with Gasteiger partial charge in [-0.3, -0.25) is 0 Å². The average Bonchev–Trinajstić information content (AvgIpc) is 3.04. The molecular formula is C26H40O2SSi. The van der Waals surface area contributed by atoms with Crippen molar-refractivity contribution in [2.45, 2.75) is 97.1 Å². The summed E-state index contributed by atoms with van der Waals surface area (Å²) in [5.74, 6) is 0.540. The molecule has 4 heteroatoms. The van der Waals surface area contributed by atoms with Crippen molar-refractivity contribution in [2.24, 2.45) is 11.3 Å². The first kappa shape index (κ1) is 23.7. The van der Waals surface area contributed by atoms with Crippen molar-refractivity contribution in [1.29, 1.82) is 0 Å². The molecular weight excluding hydrogens is 404 g/mol. The van der Waals surface area contributed by atoms with Crippen molar-refractivity contribution in [3.63, 3.8) is 0 Å². The Hall–Kier alpha value is -0.973. The Kier molecular flexibility index (Phi) is 7.97. The molecule has 0 N–H and O–H groups in total. The second-order valence-corrected chi connectivity index (χ2v) is 14.6. The van der Waals surface area contributed by atoms with E-state index >= 15 is 0 Å². The fourth-order valence-corrected chi connectivity index (χ4v) is 9.22. The van der Waals surface area contributed by atoms with E-state index in [4.69, 9.17) is 21.4 Å². The topological polar surface area (TPSA) is 18.5 Å². The lowest BCUT2D eigenvalue weighted by molar-refractivity contribution is 0.0227. The molecule has 2 nitrogen and oxygen atoms in total. The Morgan fingerprint density at radius 2 is 1.83 bits per heavy atom. The van der Waals surface area contributed by atoms with Crippen molar-refractivity contribution in [3.8, 4) is 0 Å².